The van der Waals surface area contributed by atoms with E-state index in [-0.39, 0.29) is 18.4 Å². The molecule has 2 rings (SSSR count). The van der Waals surface area contributed by atoms with Gasteiger partial charge in [0.1, 0.15) is 0 Å². The molecule has 1 saturated heterocycles. The van der Waals surface area contributed by atoms with Gasteiger partial charge in [-0.15, -0.1) is 6.58 Å². The Morgan fingerprint density at radius 2 is 2.04 bits per heavy atom. The summed E-state index contributed by atoms with van der Waals surface area (Å²) >= 11 is 0. The summed E-state index contributed by atoms with van der Waals surface area (Å²) < 4.78 is 16.4. The van der Waals surface area contributed by atoms with Gasteiger partial charge in [-0.2, -0.15) is 0 Å². The highest BCUT2D eigenvalue weighted by molar-refractivity contribution is 5.95. The van der Waals surface area contributed by atoms with Gasteiger partial charge in [0, 0.05) is 25.2 Å². The van der Waals surface area contributed by atoms with Crippen LogP contribution < -0.4 is 14.8 Å². The van der Waals surface area contributed by atoms with Crippen molar-refractivity contribution >= 4 is 11.8 Å². The monoisotopic (exact) mass is 348 g/mol. The van der Waals surface area contributed by atoms with Crippen LogP contribution in [0.5, 0.6) is 11.5 Å². The summed E-state index contributed by atoms with van der Waals surface area (Å²) in [5.74, 6) is 0.544. The maximum absolute atomic E-state index is 12.2. The van der Waals surface area contributed by atoms with Crippen LogP contribution in [0.2, 0.25) is 0 Å². The fourth-order valence-electron chi connectivity index (χ4n) is 2.35. The Kier molecular flexibility index (Phi) is 7.28. The molecule has 1 N–H and O–H groups in total. The van der Waals surface area contributed by atoms with Crippen LogP contribution in [0.25, 0.3) is 0 Å². The van der Waals surface area contributed by atoms with E-state index in [4.69, 9.17) is 14.2 Å². The van der Waals surface area contributed by atoms with Gasteiger partial charge < -0.3 is 24.4 Å². The third kappa shape index (κ3) is 5.49. The molecule has 1 heterocycles. The van der Waals surface area contributed by atoms with Crippen LogP contribution in [0.15, 0.2) is 30.9 Å². The van der Waals surface area contributed by atoms with Crippen molar-refractivity contribution in [3.8, 4) is 11.5 Å². The van der Waals surface area contributed by atoms with Crippen LogP contribution in [0.1, 0.15) is 17.3 Å². The Labute approximate surface area is 147 Å². The van der Waals surface area contributed by atoms with Crippen LogP contribution >= 0.6 is 0 Å². The molecule has 0 unspecified atom stereocenters. The zero-order chi connectivity index (χ0) is 18.1. The van der Waals surface area contributed by atoms with E-state index in [1.54, 1.807) is 29.2 Å². The lowest BCUT2D eigenvalue weighted by molar-refractivity contribution is -0.137. The molecular formula is C18H24N2O5. The van der Waals surface area contributed by atoms with E-state index in [1.165, 1.54) is 0 Å². The second-order valence-corrected chi connectivity index (χ2v) is 5.38. The van der Waals surface area contributed by atoms with Crippen molar-refractivity contribution in [3.63, 3.8) is 0 Å². The average Bonchev–Trinajstić information content (AvgIpc) is 2.65. The second-order valence-electron chi connectivity index (χ2n) is 5.38. The number of hydrogen-bond acceptors (Lipinski definition) is 5. The fourth-order valence-corrected chi connectivity index (χ4v) is 2.35. The minimum atomic E-state index is -0.225. The highest BCUT2D eigenvalue weighted by Crippen LogP contribution is 2.28. The summed E-state index contributed by atoms with van der Waals surface area (Å²) in [6.07, 6.45) is 1.61. The Balaban J connectivity index is 2.02. The molecule has 0 spiro atoms. The standard InChI is InChI=1S/C18H24N2O5/c1-3-7-19-18(22)14-5-6-15(16(12-14)24-4-2)25-13-17(21)20-8-10-23-11-9-20/h3,5-6,12H,1,4,7-11,13H2,2H3,(H,19,22). The predicted molar refractivity (Wildman–Crippen MR) is 93.0 cm³/mol. The summed E-state index contributed by atoms with van der Waals surface area (Å²) in [7, 11) is 0. The minimum absolute atomic E-state index is 0.0813. The van der Waals surface area contributed by atoms with Crippen LogP contribution in [-0.2, 0) is 9.53 Å². The predicted octanol–water partition coefficient (Wildman–Crippen LogP) is 1.24. The van der Waals surface area contributed by atoms with Crippen molar-refractivity contribution < 1.29 is 23.8 Å². The maximum atomic E-state index is 12.2. The molecule has 136 valence electrons. The highest BCUT2D eigenvalue weighted by atomic mass is 16.5. The van der Waals surface area contributed by atoms with Crippen molar-refractivity contribution in [3.05, 3.63) is 36.4 Å². The molecule has 1 aliphatic heterocycles. The summed E-state index contributed by atoms with van der Waals surface area (Å²) in [6.45, 7) is 8.37. The van der Waals surface area contributed by atoms with Gasteiger partial charge in [-0.25, -0.2) is 0 Å². The first-order valence-corrected chi connectivity index (χ1v) is 8.30. The lowest BCUT2D eigenvalue weighted by Crippen LogP contribution is -2.43. The van der Waals surface area contributed by atoms with Crippen molar-refractivity contribution in [2.45, 2.75) is 6.92 Å². The molecule has 0 bridgehead atoms. The summed E-state index contributed by atoms with van der Waals surface area (Å²) in [4.78, 5) is 25.9. The van der Waals surface area contributed by atoms with Crippen LogP contribution in [0.3, 0.4) is 0 Å². The van der Waals surface area contributed by atoms with Crippen molar-refractivity contribution in [1.82, 2.24) is 10.2 Å². The lowest BCUT2D eigenvalue weighted by atomic mass is 10.2. The van der Waals surface area contributed by atoms with Crippen molar-refractivity contribution in [1.29, 1.82) is 0 Å². The first-order valence-electron chi connectivity index (χ1n) is 8.30. The van der Waals surface area contributed by atoms with Gasteiger partial charge in [0.25, 0.3) is 11.8 Å². The van der Waals surface area contributed by atoms with Crippen LogP contribution in [0.4, 0.5) is 0 Å². The number of morpholine rings is 1. The smallest absolute Gasteiger partial charge is 0.260 e. The van der Waals surface area contributed by atoms with Gasteiger partial charge in [-0.05, 0) is 25.1 Å². The number of amides is 2. The number of carbonyl (C=O) groups excluding carboxylic acids is 2. The van der Waals surface area contributed by atoms with E-state index in [0.29, 0.717) is 56.5 Å². The Bertz CT molecular complexity index is 611. The molecule has 0 radical (unpaired) electrons. The quantitative estimate of drug-likeness (QED) is 0.715. The number of hydrogen-bond donors (Lipinski definition) is 1. The average molecular weight is 348 g/mol. The van der Waals surface area contributed by atoms with E-state index in [2.05, 4.69) is 11.9 Å². The Morgan fingerprint density at radius 3 is 2.72 bits per heavy atom. The fraction of sp³-hybridized carbons (Fsp3) is 0.444. The first-order chi connectivity index (χ1) is 12.2. The molecule has 0 aliphatic carbocycles. The topological polar surface area (TPSA) is 77.1 Å². The third-order valence-corrected chi connectivity index (χ3v) is 3.63. The maximum Gasteiger partial charge on any atom is 0.260 e. The number of carbonyl (C=O) groups is 2. The molecule has 0 aromatic heterocycles. The zero-order valence-electron chi connectivity index (χ0n) is 14.5. The van der Waals surface area contributed by atoms with E-state index in [0.717, 1.165) is 0 Å². The van der Waals surface area contributed by atoms with Gasteiger partial charge in [0.05, 0.1) is 19.8 Å². The number of rotatable bonds is 8. The molecule has 1 fully saturated rings. The molecule has 1 aromatic carbocycles. The zero-order valence-corrected chi connectivity index (χ0v) is 14.5. The van der Waals surface area contributed by atoms with E-state index >= 15 is 0 Å². The minimum Gasteiger partial charge on any atom is -0.490 e. The molecule has 25 heavy (non-hydrogen) atoms. The Hall–Kier alpha value is -2.54. The van der Waals surface area contributed by atoms with Gasteiger partial charge in [0.2, 0.25) is 0 Å². The number of nitrogens with zero attached hydrogens (tertiary/aromatic N) is 1. The summed E-state index contributed by atoms with van der Waals surface area (Å²) in [5, 5.41) is 2.70. The first kappa shape index (κ1) is 18.8. The van der Waals surface area contributed by atoms with E-state index in [9.17, 15) is 9.59 Å². The van der Waals surface area contributed by atoms with Crippen molar-refractivity contribution in [2.75, 3.05) is 46.1 Å². The molecule has 2 amide bonds. The Morgan fingerprint density at radius 1 is 1.28 bits per heavy atom. The highest BCUT2D eigenvalue weighted by Gasteiger charge is 2.18. The number of benzene rings is 1. The molecule has 7 nitrogen and oxygen atoms in total. The molecule has 7 heteroatoms. The molecule has 0 atom stereocenters. The van der Waals surface area contributed by atoms with Crippen LogP contribution in [-0.4, -0.2) is 62.8 Å². The van der Waals surface area contributed by atoms with E-state index in [1.807, 2.05) is 6.92 Å². The SMILES string of the molecule is C=CCNC(=O)c1ccc(OCC(=O)N2CCOCC2)c(OCC)c1. The molecule has 1 aliphatic rings. The summed E-state index contributed by atoms with van der Waals surface area (Å²) in [6, 6.07) is 4.88. The largest absolute Gasteiger partial charge is 0.490 e. The van der Waals surface area contributed by atoms with E-state index < -0.39 is 0 Å². The normalized spacial score (nSPS) is 13.9. The van der Waals surface area contributed by atoms with Gasteiger partial charge >= 0.3 is 0 Å². The molecule has 1 aromatic rings. The van der Waals surface area contributed by atoms with Crippen LogP contribution in [0, 0.1) is 0 Å². The molecule has 0 saturated carbocycles. The molecular weight excluding hydrogens is 324 g/mol. The van der Waals surface area contributed by atoms with Gasteiger partial charge in [-0.3, -0.25) is 9.59 Å². The van der Waals surface area contributed by atoms with Gasteiger partial charge in [-0.1, -0.05) is 6.08 Å². The van der Waals surface area contributed by atoms with Gasteiger partial charge in [0.15, 0.2) is 18.1 Å². The number of ether oxygens (including phenoxy) is 3. The lowest BCUT2D eigenvalue weighted by Gasteiger charge is -2.26. The second kappa shape index (κ2) is 9.68. The number of nitrogens with one attached hydrogen (secondary N) is 1. The summed E-state index contributed by atoms with van der Waals surface area (Å²) in [5.41, 5.74) is 0.456. The van der Waals surface area contributed by atoms with Crippen molar-refractivity contribution in [2.24, 2.45) is 0 Å². The third-order valence-electron chi connectivity index (χ3n) is 3.63.